The largest absolute Gasteiger partial charge is 0.388 e. The summed E-state index contributed by atoms with van der Waals surface area (Å²) in [5.41, 5.74) is 5.76. The van der Waals surface area contributed by atoms with Crippen LogP contribution in [0.1, 0.15) is 61.3 Å². The van der Waals surface area contributed by atoms with Crippen molar-refractivity contribution in [2.75, 3.05) is 5.84 Å². The van der Waals surface area contributed by atoms with Crippen molar-refractivity contribution >= 4 is 5.78 Å². The highest BCUT2D eigenvalue weighted by Crippen LogP contribution is 2.45. The molecule has 4 rings (SSSR count). The van der Waals surface area contributed by atoms with Crippen LogP contribution in [-0.4, -0.2) is 20.5 Å². The Kier molecular flexibility index (Phi) is 4.79. The standard InChI is InChI=1S/C24H27N3O2/c1-4-19(28)16-6-5-7-17(12-16)21-22-18(13-24(2,3)14-20(22)29)27(25)23(21)15-8-10-26-11-9-15/h5-12,19,28H,4,13-14,25H2,1-3H3. The number of fused-ring (bicyclic) bond motifs is 1. The van der Waals surface area contributed by atoms with Crippen LogP contribution in [0.4, 0.5) is 0 Å². The predicted octanol–water partition coefficient (Wildman–Crippen LogP) is 4.53. The van der Waals surface area contributed by atoms with Crippen LogP contribution in [0.25, 0.3) is 22.4 Å². The van der Waals surface area contributed by atoms with Gasteiger partial charge in [-0.2, -0.15) is 0 Å². The molecule has 1 aliphatic carbocycles. The average molecular weight is 389 g/mol. The van der Waals surface area contributed by atoms with Gasteiger partial charge in [0.15, 0.2) is 5.78 Å². The van der Waals surface area contributed by atoms with Crippen LogP contribution in [0.3, 0.4) is 0 Å². The number of nitrogen functional groups attached to an aromatic ring is 1. The molecule has 0 amide bonds. The topological polar surface area (TPSA) is 81.1 Å². The second-order valence-corrected chi connectivity index (χ2v) is 8.64. The summed E-state index contributed by atoms with van der Waals surface area (Å²) in [6.07, 6.45) is 4.78. The van der Waals surface area contributed by atoms with Crippen LogP contribution in [0, 0.1) is 5.41 Å². The zero-order valence-electron chi connectivity index (χ0n) is 17.1. The van der Waals surface area contributed by atoms with E-state index in [2.05, 4.69) is 18.8 Å². The lowest BCUT2D eigenvalue weighted by molar-refractivity contribution is 0.0911. The van der Waals surface area contributed by atoms with Gasteiger partial charge in [-0.05, 0) is 47.6 Å². The molecule has 3 aromatic rings. The van der Waals surface area contributed by atoms with Crippen LogP contribution in [0.2, 0.25) is 0 Å². The van der Waals surface area contributed by atoms with Crippen molar-refractivity contribution in [3.8, 4) is 22.4 Å². The lowest BCUT2D eigenvalue weighted by Crippen LogP contribution is -2.29. The molecule has 0 saturated heterocycles. The monoisotopic (exact) mass is 389 g/mol. The van der Waals surface area contributed by atoms with Gasteiger partial charge in [0.1, 0.15) is 0 Å². The number of carbonyl (C=O) groups is 1. The van der Waals surface area contributed by atoms with E-state index in [1.54, 1.807) is 17.1 Å². The van der Waals surface area contributed by atoms with E-state index in [9.17, 15) is 9.90 Å². The van der Waals surface area contributed by atoms with E-state index in [1.807, 2.05) is 43.3 Å². The molecule has 29 heavy (non-hydrogen) atoms. The Balaban J connectivity index is 2.02. The lowest BCUT2D eigenvalue weighted by atomic mass is 9.75. The number of Topliss-reactive ketones (excluding diaryl/α,β-unsaturated/α-hetero) is 1. The molecule has 3 N–H and O–H groups in total. The first-order valence-corrected chi connectivity index (χ1v) is 10.1. The first kappa shape index (κ1) is 19.4. The summed E-state index contributed by atoms with van der Waals surface area (Å²) in [7, 11) is 0. The third-order valence-corrected chi connectivity index (χ3v) is 5.77. The quantitative estimate of drug-likeness (QED) is 0.643. The number of hydrogen-bond acceptors (Lipinski definition) is 4. The van der Waals surface area contributed by atoms with Crippen molar-refractivity contribution in [2.45, 2.75) is 46.1 Å². The smallest absolute Gasteiger partial charge is 0.165 e. The van der Waals surface area contributed by atoms with Crippen molar-refractivity contribution in [3.63, 3.8) is 0 Å². The van der Waals surface area contributed by atoms with Crippen LogP contribution < -0.4 is 5.84 Å². The van der Waals surface area contributed by atoms with Gasteiger partial charge in [-0.15, -0.1) is 0 Å². The van der Waals surface area contributed by atoms with Gasteiger partial charge in [-0.25, -0.2) is 0 Å². The molecule has 0 saturated carbocycles. The summed E-state index contributed by atoms with van der Waals surface area (Å²) < 4.78 is 1.68. The Labute approximate surface area is 171 Å². The van der Waals surface area contributed by atoms with Gasteiger partial charge in [0.05, 0.1) is 17.5 Å². The molecule has 0 radical (unpaired) electrons. The third-order valence-electron chi connectivity index (χ3n) is 5.77. The van der Waals surface area contributed by atoms with Crippen LogP contribution in [-0.2, 0) is 6.42 Å². The van der Waals surface area contributed by atoms with E-state index in [1.165, 1.54) is 0 Å². The fourth-order valence-electron chi connectivity index (χ4n) is 4.36. The summed E-state index contributed by atoms with van der Waals surface area (Å²) in [4.78, 5) is 17.4. The van der Waals surface area contributed by atoms with E-state index in [-0.39, 0.29) is 11.2 Å². The first-order valence-electron chi connectivity index (χ1n) is 10.1. The minimum absolute atomic E-state index is 0.118. The zero-order chi connectivity index (χ0) is 20.8. The number of aromatic nitrogens is 2. The maximum Gasteiger partial charge on any atom is 0.165 e. The van der Waals surface area contributed by atoms with Crippen molar-refractivity contribution in [3.05, 3.63) is 65.6 Å². The molecule has 150 valence electrons. The molecular formula is C24H27N3O2. The van der Waals surface area contributed by atoms with E-state index < -0.39 is 6.10 Å². The predicted molar refractivity (Wildman–Crippen MR) is 115 cm³/mol. The Hall–Kier alpha value is -2.92. The number of nitrogens with two attached hydrogens (primary N) is 1. The molecular weight excluding hydrogens is 362 g/mol. The molecule has 1 atom stereocenters. The molecule has 1 aromatic carbocycles. The molecule has 0 bridgehead atoms. The van der Waals surface area contributed by atoms with E-state index in [0.29, 0.717) is 18.4 Å². The summed E-state index contributed by atoms with van der Waals surface area (Å²) in [5.74, 6) is 6.71. The highest BCUT2D eigenvalue weighted by molar-refractivity contribution is 6.08. The average Bonchev–Trinajstić information content (AvgIpc) is 3.00. The highest BCUT2D eigenvalue weighted by Gasteiger charge is 2.38. The number of rotatable bonds is 4. The van der Waals surface area contributed by atoms with Crippen molar-refractivity contribution < 1.29 is 9.90 Å². The summed E-state index contributed by atoms with van der Waals surface area (Å²) >= 11 is 0. The molecule has 0 spiro atoms. The number of ketones is 1. The first-order chi connectivity index (χ1) is 13.8. The number of aliphatic hydroxyl groups excluding tert-OH is 1. The fourth-order valence-corrected chi connectivity index (χ4v) is 4.36. The Morgan fingerprint density at radius 1 is 1.14 bits per heavy atom. The Bertz CT molecular complexity index is 1070. The van der Waals surface area contributed by atoms with Crippen molar-refractivity contribution in [1.82, 2.24) is 9.66 Å². The molecule has 0 fully saturated rings. The SMILES string of the molecule is CCC(O)c1cccc(-c2c3c(n(N)c2-c2ccncc2)CC(C)(C)CC3=O)c1. The number of carbonyl (C=O) groups excluding carboxylic acids is 1. The number of hydrogen-bond donors (Lipinski definition) is 2. The molecule has 1 aliphatic rings. The Morgan fingerprint density at radius 3 is 2.55 bits per heavy atom. The highest BCUT2D eigenvalue weighted by atomic mass is 16.3. The number of pyridine rings is 1. The molecule has 1 unspecified atom stereocenters. The van der Waals surface area contributed by atoms with Gasteiger partial charge in [-0.1, -0.05) is 39.0 Å². The Morgan fingerprint density at radius 2 is 1.86 bits per heavy atom. The lowest BCUT2D eigenvalue weighted by Gasteiger charge is -2.29. The van der Waals surface area contributed by atoms with Crippen molar-refractivity contribution in [2.24, 2.45) is 5.41 Å². The van der Waals surface area contributed by atoms with Gasteiger partial charge in [0, 0.05) is 35.5 Å². The molecule has 2 aromatic heterocycles. The molecule has 5 nitrogen and oxygen atoms in total. The van der Waals surface area contributed by atoms with Gasteiger partial charge >= 0.3 is 0 Å². The minimum atomic E-state index is -0.537. The van der Waals surface area contributed by atoms with Crippen LogP contribution in [0.15, 0.2) is 48.8 Å². The van der Waals surface area contributed by atoms with E-state index in [0.717, 1.165) is 40.1 Å². The summed E-state index contributed by atoms with van der Waals surface area (Å²) in [5, 5.41) is 10.3. The van der Waals surface area contributed by atoms with Crippen molar-refractivity contribution in [1.29, 1.82) is 0 Å². The van der Waals surface area contributed by atoms with Crippen LogP contribution in [0.5, 0.6) is 0 Å². The second kappa shape index (κ2) is 7.16. The summed E-state index contributed by atoms with van der Waals surface area (Å²) in [6.45, 7) is 6.15. The third kappa shape index (κ3) is 3.36. The second-order valence-electron chi connectivity index (χ2n) is 8.64. The van der Waals surface area contributed by atoms with E-state index in [4.69, 9.17) is 5.84 Å². The normalized spacial score (nSPS) is 16.5. The molecule has 5 heteroatoms. The van der Waals surface area contributed by atoms with Crippen LogP contribution >= 0.6 is 0 Å². The van der Waals surface area contributed by atoms with Gasteiger partial charge in [0.25, 0.3) is 0 Å². The maximum absolute atomic E-state index is 13.2. The van der Waals surface area contributed by atoms with E-state index >= 15 is 0 Å². The number of nitrogens with zero attached hydrogens (tertiary/aromatic N) is 2. The van der Waals surface area contributed by atoms with Gasteiger partial charge < -0.3 is 10.9 Å². The summed E-state index contributed by atoms with van der Waals surface area (Å²) in [6, 6.07) is 11.6. The molecule has 2 heterocycles. The molecule has 0 aliphatic heterocycles. The zero-order valence-corrected chi connectivity index (χ0v) is 17.1. The minimum Gasteiger partial charge on any atom is -0.388 e. The fraction of sp³-hybridized carbons (Fsp3) is 0.333. The van der Waals surface area contributed by atoms with Gasteiger partial charge in [-0.3, -0.25) is 14.5 Å². The number of benzene rings is 1. The number of aliphatic hydroxyl groups is 1. The van der Waals surface area contributed by atoms with Gasteiger partial charge in [0.2, 0.25) is 0 Å². The maximum atomic E-state index is 13.2.